The molecule has 7 heteroatoms. The lowest BCUT2D eigenvalue weighted by atomic mass is 10.2. The maximum atomic E-state index is 13.0. The molecule has 0 radical (unpaired) electrons. The van der Waals surface area contributed by atoms with Gasteiger partial charge in [-0.25, -0.2) is 4.39 Å². The highest BCUT2D eigenvalue weighted by Crippen LogP contribution is 2.29. The van der Waals surface area contributed by atoms with Gasteiger partial charge in [0.15, 0.2) is 18.1 Å². The van der Waals surface area contributed by atoms with Crippen molar-refractivity contribution in [3.63, 3.8) is 0 Å². The Bertz CT molecular complexity index is 901. The minimum Gasteiger partial charge on any atom is -0.490 e. The van der Waals surface area contributed by atoms with Gasteiger partial charge in [0.1, 0.15) is 5.82 Å². The van der Waals surface area contributed by atoms with Crippen molar-refractivity contribution in [1.29, 1.82) is 5.26 Å². The fraction of sp³-hybridized carbons (Fsp3) is 0.167. The van der Waals surface area contributed by atoms with Crippen LogP contribution in [0, 0.1) is 17.1 Å². The summed E-state index contributed by atoms with van der Waals surface area (Å²) in [5.41, 5.74) is 1.10. The Morgan fingerprint density at radius 3 is 2.64 bits per heavy atom. The van der Waals surface area contributed by atoms with Crippen LogP contribution in [0.3, 0.4) is 0 Å². The summed E-state index contributed by atoms with van der Waals surface area (Å²) in [4.78, 5) is 4.22. The van der Waals surface area contributed by atoms with Crippen LogP contribution in [-0.2, 0) is 6.61 Å². The van der Waals surface area contributed by atoms with E-state index in [0.29, 0.717) is 35.1 Å². The molecular weight excluding hydrogens is 325 g/mol. The van der Waals surface area contributed by atoms with Crippen molar-refractivity contribution in [3.8, 4) is 29.0 Å². The van der Waals surface area contributed by atoms with Gasteiger partial charge in [-0.2, -0.15) is 10.2 Å². The second-order valence-electron chi connectivity index (χ2n) is 5.02. The number of aromatic nitrogens is 2. The second-order valence-corrected chi connectivity index (χ2v) is 5.02. The number of halogens is 1. The maximum Gasteiger partial charge on any atom is 0.258 e. The Morgan fingerprint density at radius 2 is 1.92 bits per heavy atom. The number of hydrogen-bond acceptors (Lipinski definition) is 6. The highest BCUT2D eigenvalue weighted by atomic mass is 19.1. The smallest absolute Gasteiger partial charge is 0.258 e. The van der Waals surface area contributed by atoms with E-state index < -0.39 is 0 Å². The average Bonchev–Trinajstić information content (AvgIpc) is 3.10. The third-order valence-electron chi connectivity index (χ3n) is 3.29. The Kier molecular flexibility index (Phi) is 4.90. The Balaban J connectivity index is 1.72. The minimum absolute atomic E-state index is 0.0661. The summed E-state index contributed by atoms with van der Waals surface area (Å²) in [6.07, 6.45) is 0. The lowest BCUT2D eigenvalue weighted by Crippen LogP contribution is -2.01. The van der Waals surface area contributed by atoms with Crippen molar-refractivity contribution in [2.75, 3.05) is 6.61 Å². The van der Waals surface area contributed by atoms with Gasteiger partial charge in [-0.15, -0.1) is 0 Å². The average molecular weight is 339 g/mol. The first kappa shape index (κ1) is 16.5. The zero-order chi connectivity index (χ0) is 17.6. The van der Waals surface area contributed by atoms with Crippen molar-refractivity contribution in [2.45, 2.75) is 13.5 Å². The molecule has 0 unspecified atom stereocenters. The zero-order valence-electron chi connectivity index (χ0n) is 13.4. The molecule has 0 saturated heterocycles. The van der Waals surface area contributed by atoms with Crippen molar-refractivity contribution < 1.29 is 18.4 Å². The van der Waals surface area contributed by atoms with E-state index >= 15 is 0 Å². The third kappa shape index (κ3) is 3.93. The summed E-state index contributed by atoms with van der Waals surface area (Å²) in [6.45, 7) is 2.36. The molecule has 0 bridgehead atoms. The molecule has 0 N–H and O–H groups in total. The van der Waals surface area contributed by atoms with Crippen molar-refractivity contribution in [2.24, 2.45) is 0 Å². The Morgan fingerprint density at radius 1 is 1.12 bits per heavy atom. The monoisotopic (exact) mass is 339 g/mol. The first-order chi connectivity index (χ1) is 12.2. The van der Waals surface area contributed by atoms with E-state index in [-0.39, 0.29) is 18.3 Å². The fourth-order valence-electron chi connectivity index (χ4n) is 2.13. The minimum atomic E-state index is -0.337. The largest absolute Gasteiger partial charge is 0.490 e. The molecule has 0 aliphatic carbocycles. The summed E-state index contributed by atoms with van der Waals surface area (Å²) in [7, 11) is 0. The standard InChI is InChI=1S/C18H14FN3O3/c1-2-23-16-9-12(10-20)3-8-15(16)24-11-17-21-18(25-22-17)13-4-6-14(19)7-5-13/h3-9H,2,11H2,1H3. The molecule has 126 valence electrons. The van der Waals surface area contributed by atoms with Crippen LogP contribution in [-0.4, -0.2) is 16.7 Å². The van der Waals surface area contributed by atoms with Gasteiger partial charge < -0.3 is 14.0 Å². The van der Waals surface area contributed by atoms with Crippen LogP contribution < -0.4 is 9.47 Å². The lowest BCUT2D eigenvalue weighted by molar-refractivity contribution is 0.258. The van der Waals surface area contributed by atoms with E-state index in [0.717, 1.165) is 0 Å². The van der Waals surface area contributed by atoms with E-state index in [2.05, 4.69) is 16.2 Å². The molecule has 1 aromatic heterocycles. The second kappa shape index (κ2) is 7.45. The van der Waals surface area contributed by atoms with E-state index in [4.69, 9.17) is 19.3 Å². The summed E-state index contributed by atoms with van der Waals surface area (Å²) >= 11 is 0. The predicted octanol–water partition coefficient (Wildman–Crippen LogP) is 3.73. The highest BCUT2D eigenvalue weighted by molar-refractivity contribution is 5.52. The normalized spacial score (nSPS) is 10.3. The van der Waals surface area contributed by atoms with E-state index in [1.807, 2.05) is 6.92 Å². The number of rotatable bonds is 6. The number of nitriles is 1. The third-order valence-corrected chi connectivity index (χ3v) is 3.29. The predicted molar refractivity (Wildman–Crippen MR) is 86.4 cm³/mol. The molecule has 0 fully saturated rings. The van der Waals surface area contributed by atoms with Crippen LogP contribution in [0.15, 0.2) is 47.0 Å². The van der Waals surface area contributed by atoms with Crippen LogP contribution in [0.25, 0.3) is 11.5 Å². The zero-order valence-corrected chi connectivity index (χ0v) is 13.4. The quantitative estimate of drug-likeness (QED) is 0.681. The van der Waals surface area contributed by atoms with Gasteiger partial charge >= 0.3 is 0 Å². The molecule has 6 nitrogen and oxygen atoms in total. The number of ether oxygens (including phenoxy) is 2. The van der Waals surface area contributed by atoms with Gasteiger partial charge in [0, 0.05) is 11.6 Å². The Labute approximate surface area is 143 Å². The van der Waals surface area contributed by atoms with Crippen LogP contribution in [0.4, 0.5) is 4.39 Å². The summed E-state index contributed by atoms with van der Waals surface area (Å²) < 4.78 is 29.2. The molecular formula is C18H14FN3O3. The van der Waals surface area contributed by atoms with Crippen molar-refractivity contribution >= 4 is 0 Å². The summed E-state index contributed by atoms with van der Waals surface area (Å²) in [5, 5.41) is 12.8. The molecule has 0 amide bonds. The molecule has 0 aliphatic heterocycles. The van der Waals surface area contributed by atoms with Crippen LogP contribution in [0.2, 0.25) is 0 Å². The van der Waals surface area contributed by atoms with Crippen LogP contribution in [0.5, 0.6) is 11.5 Å². The molecule has 25 heavy (non-hydrogen) atoms. The highest BCUT2D eigenvalue weighted by Gasteiger charge is 2.12. The molecule has 0 spiro atoms. The van der Waals surface area contributed by atoms with Crippen molar-refractivity contribution in [3.05, 3.63) is 59.7 Å². The van der Waals surface area contributed by atoms with Crippen LogP contribution in [0.1, 0.15) is 18.3 Å². The molecule has 1 heterocycles. The van der Waals surface area contributed by atoms with Gasteiger partial charge in [-0.1, -0.05) is 5.16 Å². The molecule has 0 saturated carbocycles. The van der Waals surface area contributed by atoms with Gasteiger partial charge in [-0.05, 0) is 43.3 Å². The SMILES string of the molecule is CCOc1cc(C#N)ccc1OCc1noc(-c2ccc(F)cc2)n1. The van der Waals surface area contributed by atoms with Gasteiger partial charge in [0.25, 0.3) is 5.89 Å². The first-order valence-electron chi connectivity index (χ1n) is 7.58. The maximum absolute atomic E-state index is 13.0. The number of hydrogen-bond donors (Lipinski definition) is 0. The molecule has 3 aromatic rings. The number of nitrogens with zero attached hydrogens (tertiary/aromatic N) is 3. The summed E-state index contributed by atoms with van der Waals surface area (Å²) in [6, 6.07) is 12.7. The van der Waals surface area contributed by atoms with Gasteiger partial charge in [-0.3, -0.25) is 0 Å². The molecule has 2 aromatic carbocycles. The lowest BCUT2D eigenvalue weighted by Gasteiger charge is -2.10. The number of benzene rings is 2. The Hall–Kier alpha value is -3.40. The van der Waals surface area contributed by atoms with Crippen LogP contribution >= 0.6 is 0 Å². The van der Waals surface area contributed by atoms with Gasteiger partial charge in [0.2, 0.25) is 5.82 Å². The molecule has 0 atom stereocenters. The van der Waals surface area contributed by atoms with E-state index in [1.165, 1.54) is 12.1 Å². The van der Waals surface area contributed by atoms with E-state index in [9.17, 15) is 4.39 Å². The molecule has 0 aliphatic rings. The van der Waals surface area contributed by atoms with Crippen molar-refractivity contribution in [1.82, 2.24) is 10.1 Å². The van der Waals surface area contributed by atoms with Gasteiger partial charge in [0.05, 0.1) is 18.2 Å². The fourth-order valence-corrected chi connectivity index (χ4v) is 2.13. The van der Waals surface area contributed by atoms with E-state index in [1.54, 1.807) is 30.3 Å². The topological polar surface area (TPSA) is 81.2 Å². The molecule has 3 rings (SSSR count). The first-order valence-corrected chi connectivity index (χ1v) is 7.58. The summed E-state index contributed by atoms with van der Waals surface area (Å²) in [5.74, 6) is 1.24.